The molecule has 0 saturated heterocycles. The first kappa shape index (κ1) is 31.4. The van der Waals surface area contributed by atoms with Gasteiger partial charge in [0.25, 0.3) is 0 Å². The van der Waals surface area contributed by atoms with E-state index in [1.807, 2.05) is 0 Å². The van der Waals surface area contributed by atoms with Gasteiger partial charge in [-0.2, -0.15) is 0 Å². The van der Waals surface area contributed by atoms with Gasteiger partial charge in [0.15, 0.2) is 0 Å². The molecule has 1 aliphatic rings. The summed E-state index contributed by atoms with van der Waals surface area (Å²) in [5.74, 6) is -4.09. The number of hydrogen-bond acceptors (Lipinski definition) is 8. The minimum atomic E-state index is -1.10. The summed E-state index contributed by atoms with van der Waals surface area (Å²) in [5.41, 5.74) is 5.75. The zero-order valence-corrected chi connectivity index (χ0v) is 21.7. The lowest BCUT2D eigenvalue weighted by Crippen LogP contribution is -2.52. The number of primary amides is 1. The highest BCUT2D eigenvalue weighted by Crippen LogP contribution is 2.08. The maximum atomic E-state index is 12.7. The zero-order chi connectivity index (χ0) is 29.5. The lowest BCUT2D eigenvalue weighted by molar-refractivity contribution is -0.132. The smallest absolute Gasteiger partial charge is 0.248 e. The van der Waals surface area contributed by atoms with Gasteiger partial charge in [0.05, 0.1) is 19.6 Å². The number of aliphatic hydroxyl groups excluding tert-OH is 1. The number of hydrogen-bond donors (Lipinski definition) is 7. The highest BCUT2D eigenvalue weighted by molar-refractivity contribution is 5.93. The van der Waals surface area contributed by atoms with E-state index in [2.05, 4.69) is 26.6 Å². The molecule has 0 spiro atoms. The van der Waals surface area contributed by atoms with E-state index in [0.29, 0.717) is 0 Å². The summed E-state index contributed by atoms with van der Waals surface area (Å²) in [6.07, 6.45) is 1.30. The van der Waals surface area contributed by atoms with E-state index in [1.165, 1.54) is 12.2 Å². The molecule has 7 amide bonds. The van der Waals surface area contributed by atoms with Crippen molar-refractivity contribution >= 4 is 41.4 Å². The molecule has 0 radical (unpaired) electrons. The minimum Gasteiger partial charge on any atom is -0.370 e. The summed E-state index contributed by atoms with van der Waals surface area (Å²) in [4.78, 5) is 84.5. The fourth-order valence-corrected chi connectivity index (χ4v) is 3.45. The molecule has 15 heteroatoms. The number of rotatable bonds is 16. The second-order valence-corrected chi connectivity index (χ2v) is 8.70. The number of nitrogens with one attached hydrogen (secondary N) is 5. The third kappa shape index (κ3) is 11.7. The molecule has 1 aliphatic heterocycles. The number of nitrogens with zero attached hydrogens (tertiary/aromatic N) is 1. The van der Waals surface area contributed by atoms with Crippen LogP contribution in [-0.2, 0) is 40.0 Å². The normalized spacial score (nSPS) is 14.7. The van der Waals surface area contributed by atoms with Crippen LogP contribution in [0, 0.1) is 0 Å². The van der Waals surface area contributed by atoms with E-state index in [0.717, 1.165) is 10.5 Å². The van der Waals surface area contributed by atoms with Crippen molar-refractivity contribution in [1.29, 1.82) is 0 Å². The maximum absolute atomic E-state index is 12.7. The van der Waals surface area contributed by atoms with Gasteiger partial charge in [-0.25, -0.2) is 0 Å². The van der Waals surface area contributed by atoms with Crippen LogP contribution in [0.5, 0.6) is 0 Å². The van der Waals surface area contributed by atoms with Gasteiger partial charge in [-0.15, -0.1) is 0 Å². The highest BCUT2D eigenvalue weighted by Gasteiger charge is 2.24. The molecule has 0 aliphatic carbocycles. The molecule has 1 aromatic rings. The average molecular weight is 560 g/mol. The molecule has 40 heavy (non-hydrogen) atoms. The predicted molar refractivity (Wildman–Crippen MR) is 139 cm³/mol. The van der Waals surface area contributed by atoms with Crippen molar-refractivity contribution in [2.45, 2.75) is 31.5 Å². The van der Waals surface area contributed by atoms with Crippen LogP contribution in [-0.4, -0.2) is 96.4 Å². The van der Waals surface area contributed by atoms with Gasteiger partial charge >= 0.3 is 0 Å². The summed E-state index contributed by atoms with van der Waals surface area (Å²) in [6.45, 7) is -1.33. The maximum Gasteiger partial charge on any atom is 0.248 e. The van der Waals surface area contributed by atoms with Gasteiger partial charge in [-0.05, 0) is 11.6 Å². The van der Waals surface area contributed by atoms with Crippen LogP contribution in [0.3, 0.4) is 0 Å². The molecule has 1 heterocycles. The number of nitrogens with two attached hydrogens (primary N) is 1. The highest BCUT2D eigenvalue weighted by atomic mass is 16.3. The van der Waals surface area contributed by atoms with Crippen molar-refractivity contribution in [3.05, 3.63) is 48.0 Å². The van der Waals surface area contributed by atoms with Crippen molar-refractivity contribution in [3.63, 3.8) is 0 Å². The Hall–Kier alpha value is -4.79. The van der Waals surface area contributed by atoms with Gasteiger partial charge < -0.3 is 42.3 Å². The van der Waals surface area contributed by atoms with E-state index >= 15 is 0 Å². The van der Waals surface area contributed by atoms with Gasteiger partial charge in [-0.1, -0.05) is 30.3 Å². The Morgan fingerprint density at radius 1 is 0.850 bits per heavy atom. The Kier molecular flexibility index (Phi) is 12.8. The lowest BCUT2D eigenvalue weighted by Gasteiger charge is -2.20. The number of aliphatic hydroxyl groups is 1. The Balaban J connectivity index is 1.78. The number of amides is 7. The first-order valence-electron chi connectivity index (χ1n) is 12.4. The fraction of sp³-hybridized carbons (Fsp3) is 0.400. The van der Waals surface area contributed by atoms with E-state index in [1.54, 1.807) is 30.3 Å². The van der Waals surface area contributed by atoms with Gasteiger partial charge in [0.2, 0.25) is 41.4 Å². The number of benzene rings is 1. The van der Waals surface area contributed by atoms with E-state index in [9.17, 15) is 38.7 Å². The van der Waals surface area contributed by atoms with Crippen LogP contribution in [0.15, 0.2) is 42.5 Å². The third-order valence-corrected chi connectivity index (χ3v) is 5.54. The topological polar surface area (TPSA) is 229 Å². The van der Waals surface area contributed by atoms with Crippen LogP contribution in [0.25, 0.3) is 0 Å². The fourth-order valence-electron chi connectivity index (χ4n) is 3.45. The molecular weight excluding hydrogens is 526 g/mol. The first-order valence-corrected chi connectivity index (χ1v) is 12.4. The molecule has 0 fully saturated rings. The van der Waals surface area contributed by atoms with Crippen LogP contribution in [0.1, 0.15) is 18.4 Å². The molecule has 8 N–H and O–H groups in total. The van der Waals surface area contributed by atoms with Crippen molar-refractivity contribution in [2.75, 3.05) is 32.7 Å². The van der Waals surface area contributed by atoms with Crippen molar-refractivity contribution in [1.82, 2.24) is 31.5 Å². The first-order chi connectivity index (χ1) is 19.0. The summed E-state index contributed by atoms with van der Waals surface area (Å²) in [5, 5.41) is 21.7. The van der Waals surface area contributed by atoms with E-state index in [4.69, 9.17) is 5.73 Å². The van der Waals surface area contributed by atoms with E-state index in [-0.39, 0.29) is 32.4 Å². The Labute approximate surface area is 229 Å². The van der Waals surface area contributed by atoms with Crippen molar-refractivity contribution in [3.8, 4) is 0 Å². The Morgan fingerprint density at radius 3 is 2.12 bits per heavy atom. The quantitative estimate of drug-likeness (QED) is 0.106. The molecule has 0 saturated carbocycles. The predicted octanol–water partition coefficient (Wildman–Crippen LogP) is -3.84. The third-order valence-electron chi connectivity index (χ3n) is 5.54. The molecule has 0 aromatic heterocycles. The molecular formula is C25H33N7O8. The van der Waals surface area contributed by atoms with Crippen LogP contribution >= 0.6 is 0 Å². The van der Waals surface area contributed by atoms with Crippen LogP contribution in [0.2, 0.25) is 0 Å². The Morgan fingerprint density at radius 2 is 1.48 bits per heavy atom. The summed E-state index contributed by atoms with van der Waals surface area (Å²) < 4.78 is 0. The van der Waals surface area contributed by atoms with E-state index < -0.39 is 73.3 Å². The van der Waals surface area contributed by atoms with Gasteiger partial charge in [-0.3, -0.25) is 33.6 Å². The van der Waals surface area contributed by atoms with Crippen LogP contribution in [0.4, 0.5) is 0 Å². The lowest BCUT2D eigenvalue weighted by atomic mass is 10.1. The zero-order valence-electron chi connectivity index (χ0n) is 21.7. The summed E-state index contributed by atoms with van der Waals surface area (Å²) in [6, 6.07) is 7.75. The second kappa shape index (κ2) is 16.2. The SMILES string of the molecule is NC(=O)CCNC(=O)CNC(=O)[C@H](Cc1ccccc1)NC(=O)CNC(=O)CNC(=O)CCN1C(=O)C=C[C@@H]1O. The summed E-state index contributed by atoms with van der Waals surface area (Å²) in [7, 11) is 0. The molecule has 2 atom stereocenters. The second-order valence-electron chi connectivity index (χ2n) is 8.70. The minimum absolute atomic E-state index is 0.0209. The standard InChI is InChI=1S/C25H33N7O8/c26-18(33)8-10-27-20(35)14-30-25(40)17(12-16-4-2-1-3-5-16)31-22(37)15-29-21(36)13-28-19(34)9-11-32-23(38)6-7-24(32)39/h1-7,17,23,38H,8-15H2,(H2,26,33)(H,27,35)(H,28,34)(H,29,36)(H,30,40)(H,31,37)/t17-,23-/m0/s1. The average Bonchev–Trinajstić information content (AvgIpc) is 3.24. The largest absolute Gasteiger partial charge is 0.370 e. The Bertz CT molecular complexity index is 1130. The molecule has 0 unspecified atom stereocenters. The molecule has 216 valence electrons. The van der Waals surface area contributed by atoms with Crippen LogP contribution < -0.4 is 32.3 Å². The molecule has 15 nitrogen and oxygen atoms in total. The number of carbonyl (C=O) groups is 7. The molecule has 1 aromatic carbocycles. The monoisotopic (exact) mass is 559 g/mol. The van der Waals surface area contributed by atoms with Crippen molar-refractivity contribution < 1.29 is 38.7 Å². The molecule has 2 rings (SSSR count). The number of carbonyl (C=O) groups excluding carboxylic acids is 7. The van der Waals surface area contributed by atoms with Crippen molar-refractivity contribution in [2.24, 2.45) is 5.73 Å². The van der Waals surface area contributed by atoms with Gasteiger partial charge in [0.1, 0.15) is 12.3 Å². The summed E-state index contributed by atoms with van der Waals surface area (Å²) >= 11 is 0. The van der Waals surface area contributed by atoms with Gasteiger partial charge in [0, 0.05) is 38.4 Å². The molecule has 0 bridgehead atoms.